The summed E-state index contributed by atoms with van der Waals surface area (Å²) in [6.07, 6.45) is -0.954. The van der Waals surface area contributed by atoms with Crippen LogP contribution in [0.1, 0.15) is 19.9 Å². The van der Waals surface area contributed by atoms with Crippen molar-refractivity contribution in [2.24, 2.45) is 0 Å². The maximum atomic E-state index is 12.1. The second-order valence-corrected chi connectivity index (χ2v) is 3.92. The molecular formula is C10H14N4O6. The number of carbonyl (C=O) groups excluding carboxylic acids is 2. The van der Waals surface area contributed by atoms with Crippen molar-refractivity contribution in [2.75, 3.05) is 19.8 Å². The lowest BCUT2D eigenvalue weighted by atomic mass is 10.1. The molecular weight excluding hydrogens is 272 g/mol. The van der Waals surface area contributed by atoms with Crippen molar-refractivity contribution < 1.29 is 24.3 Å². The molecule has 1 aliphatic rings. The molecule has 0 spiro atoms. The maximum absolute atomic E-state index is 12.1. The van der Waals surface area contributed by atoms with Crippen molar-refractivity contribution in [1.29, 1.82) is 0 Å². The van der Waals surface area contributed by atoms with Crippen LogP contribution in [-0.4, -0.2) is 56.4 Å². The van der Waals surface area contributed by atoms with Gasteiger partial charge < -0.3 is 9.47 Å². The van der Waals surface area contributed by atoms with Gasteiger partial charge in [-0.15, -0.1) is 9.78 Å². The average molecular weight is 286 g/mol. The Morgan fingerprint density at radius 1 is 1.40 bits per heavy atom. The molecule has 110 valence electrons. The maximum Gasteiger partial charge on any atom is 0.439 e. The fourth-order valence-corrected chi connectivity index (χ4v) is 1.74. The second kappa shape index (κ2) is 5.33. The van der Waals surface area contributed by atoms with Gasteiger partial charge in [-0.1, -0.05) is 0 Å². The lowest BCUT2D eigenvalue weighted by Gasteiger charge is -2.32. The average Bonchev–Trinajstić information content (AvgIpc) is 2.73. The normalized spacial score (nSPS) is 17.9. The first kappa shape index (κ1) is 14.1. The number of hydrogen-bond donors (Lipinski definition) is 1. The zero-order chi connectivity index (χ0) is 14.9. The number of ether oxygens (including phenoxy) is 2. The molecule has 2 rings (SSSR count). The van der Waals surface area contributed by atoms with Crippen molar-refractivity contribution in [3.05, 3.63) is 10.5 Å². The third-order valence-corrected chi connectivity index (χ3v) is 2.69. The number of β-lactam (4-membered cyclic amide) rings is 1. The molecule has 10 heteroatoms. The largest absolute Gasteiger partial charge is 0.464 e. The van der Waals surface area contributed by atoms with Gasteiger partial charge in [-0.25, -0.2) is 19.2 Å². The number of hydrogen-bond acceptors (Lipinski definition) is 7. The van der Waals surface area contributed by atoms with Gasteiger partial charge in [-0.3, -0.25) is 10.0 Å². The van der Waals surface area contributed by atoms with E-state index in [4.69, 9.17) is 9.94 Å². The third kappa shape index (κ3) is 2.13. The highest BCUT2D eigenvalue weighted by molar-refractivity contribution is 5.85. The van der Waals surface area contributed by atoms with Crippen LogP contribution >= 0.6 is 0 Å². The summed E-state index contributed by atoms with van der Waals surface area (Å²) in [7, 11) is 0. The Labute approximate surface area is 113 Å². The minimum Gasteiger partial charge on any atom is -0.464 e. The van der Waals surface area contributed by atoms with Gasteiger partial charge in [0.2, 0.25) is 0 Å². The molecule has 0 radical (unpaired) electrons. The molecule has 10 nitrogen and oxygen atoms in total. The molecule has 2 heterocycles. The summed E-state index contributed by atoms with van der Waals surface area (Å²) in [6.45, 7) is 3.45. The molecule has 0 aliphatic carbocycles. The number of nitrogens with zero attached hydrogens (tertiary/aromatic N) is 4. The highest BCUT2D eigenvalue weighted by Crippen LogP contribution is 2.23. The van der Waals surface area contributed by atoms with Crippen LogP contribution in [0.4, 0.5) is 4.79 Å². The molecule has 1 atom stereocenters. The Bertz CT molecular complexity index is 591. The predicted molar refractivity (Wildman–Crippen MR) is 62.6 cm³/mol. The van der Waals surface area contributed by atoms with E-state index in [0.29, 0.717) is 9.75 Å². The van der Waals surface area contributed by atoms with Gasteiger partial charge in [0, 0.05) is 0 Å². The van der Waals surface area contributed by atoms with E-state index < -0.39 is 23.7 Å². The summed E-state index contributed by atoms with van der Waals surface area (Å²) in [6, 6.07) is -1.10. The van der Waals surface area contributed by atoms with Gasteiger partial charge in [-0.2, -0.15) is 0 Å². The van der Waals surface area contributed by atoms with Gasteiger partial charge in [0.25, 0.3) is 5.91 Å². The van der Waals surface area contributed by atoms with Crippen molar-refractivity contribution >= 4 is 12.0 Å². The summed E-state index contributed by atoms with van der Waals surface area (Å²) >= 11 is 0. The van der Waals surface area contributed by atoms with Crippen LogP contribution in [0.15, 0.2) is 4.79 Å². The summed E-state index contributed by atoms with van der Waals surface area (Å²) in [5, 5.41) is 13.2. The summed E-state index contributed by atoms with van der Waals surface area (Å²) in [5.41, 5.74) is -0.849. The molecule has 0 aromatic carbocycles. The lowest BCUT2D eigenvalue weighted by molar-refractivity contribution is -0.195. The monoisotopic (exact) mass is 286 g/mol. The molecule has 1 aromatic rings. The fourth-order valence-electron chi connectivity index (χ4n) is 1.74. The number of amides is 1. The standard InChI is InChI=1S/C10H14N4O6/c1-3-19-8-11-14(10(17)20-4-2)9(16)13(8)6-5-12(18)7(6)15/h6,18H,3-5H2,1-2H3/t6-/m0/s1. The Morgan fingerprint density at radius 3 is 2.60 bits per heavy atom. The molecule has 1 amide bonds. The van der Waals surface area contributed by atoms with E-state index in [2.05, 4.69) is 9.84 Å². The molecule has 0 unspecified atom stereocenters. The van der Waals surface area contributed by atoms with Crippen LogP contribution in [0, 0.1) is 0 Å². The first-order chi connectivity index (χ1) is 9.51. The fraction of sp³-hybridized carbons (Fsp3) is 0.600. The molecule has 0 saturated carbocycles. The molecule has 0 bridgehead atoms. The van der Waals surface area contributed by atoms with Crippen molar-refractivity contribution in [3.63, 3.8) is 0 Å². The smallest absolute Gasteiger partial charge is 0.439 e. The van der Waals surface area contributed by atoms with E-state index in [-0.39, 0.29) is 25.8 Å². The number of carbonyl (C=O) groups is 2. The summed E-state index contributed by atoms with van der Waals surface area (Å²) in [4.78, 5) is 35.2. The first-order valence-electron chi connectivity index (χ1n) is 6.03. The molecule has 1 aliphatic heterocycles. The second-order valence-electron chi connectivity index (χ2n) is 3.92. The van der Waals surface area contributed by atoms with Crippen LogP contribution in [0.25, 0.3) is 0 Å². The Kier molecular flexibility index (Phi) is 3.74. The van der Waals surface area contributed by atoms with E-state index in [1.807, 2.05) is 0 Å². The molecule has 1 fully saturated rings. The van der Waals surface area contributed by atoms with E-state index in [1.54, 1.807) is 13.8 Å². The van der Waals surface area contributed by atoms with Crippen LogP contribution in [0.5, 0.6) is 6.01 Å². The lowest BCUT2D eigenvalue weighted by Crippen LogP contribution is -2.53. The van der Waals surface area contributed by atoms with Crippen LogP contribution in [-0.2, 0) is 9.53 Å². The van der Waals surface area contributed by atoms with Gasteiger partial charge in [0.1, 0.15) is 6.04 Å². The van der Waals surface area contributed by atoms with Gasteiger partial charge in [0.15, 0.2) is 0 Å². The molecule has 20 heavy (non-hydrogen) atoms. The van der Waals surface area contributed by atoms with Crippen molar-refractivity contribution in [1.82, 2.24) is 19.4 Å². The number of rotatable bonds is 4. The topological polar surface area (TPSA) is 116 Å². The number of hydroxylamine groups is 2. The van der Waals surface area contributed by atoms with Crippen LogP contribution in [0.3, 0.4) is 0 Å². The highest BCUT2D eigenvalue weighted by Gasteiger charge is 2.41. The van der Waals surface area contributed by atoms with Gasteiger partial charge in [0.05, 0.1) is 19.8 Å². The van der Waals surface area contributed by atoms with Gasteiger partial charge >= 0.3 is 17.8 Å². The highest BCUT2D eigenvalue weighted by atomic mass is 16.6. The summed E-state index contributed by atoms with van der Waals surface area (Å²) in [5.74, 6) is -0.670. The van der Waals surface area contributed by atoms with Crippen LogP contribution in [0.2, 0.25) is 0 Å². The minimum absolute atomic E-state index is 0.0761. The van der Waals surface area contributed by atoms with Crippen LogP contribution < -0.4 is 10.4 Å². The number of aromatic nitrogens is 3. The van der Waals surface area contributed by atoms with E-state index in [1.165, 1.54) is 0 Å². The quantitative estimate of drug-likeness (QED) is 0.570. The van der Waals surface area contributed by atoms with E-state index >= 15 is 0 Å². The van der Waals surface area contributed by atoms with E-state index in [0.717, 1.165) is 4.57 Å². The zero-order valence-electron chi connectivity index (χ0n) is 11.0. The van der Waals surface area contributed by atoms with Gasteiger partial charge in [-0.05, 0) is 13.8 Å². The summed E-state index contributed by atoms with van der Waals surface area (Å²) < 4.78 is 11.2. The van der Waals surface area contributed by atoms with E-state index in [9.17, 15) is 14.4 Å². The Hall–Kier alpha value is -2.36. The SMILES string of the molecule is CCOC(=O)n1nc(OCC)n([C@H]2CN(O)C2=O)c1=O. The Morgan fingerprint density at radius 2 is 2.10 bits per heavy atom. The minimum atomic E-state index is -0.954. The zero-order valence-corrected chi connectivity index (χ0v) is 11.0. The Balaban J connectivity index is 2.41. The molecule has 1 saturated heterocycles. The molecule has 1 N–H and O–H groups in total. The molecule has 1 aromatic heterocycles. The van der Waals surface area contributed by atoms with Crippen molar-refractivity contribution in [3.8, 4) is 6.01 Å². The first-order valence-corrected chi connectivity index (χ1v) is 6.03. The van der Waals surface area contributed by atoms with Crippen molar-refractivity contribution in [2.45, 2.75) is 19.9 Å². The third-order valence-electron chi connectivity index (χ3n) is 2.69. The predicted octanol–water partition coefficient (Wildman–Crippen LogP) is -0.779.